The summed E-state index contributed by atoms with van der Waals surface area (Å²) in [6, 6.07) is 5.00. The molecule has 7 heteroatoms. The highest BCUT2D eigenvalue weighted by Crippen LogP contribution is 2.19. The fourth-order valence-corrected chi connectivity index (χ4v) is 2.50. The first-order valence-corrected chi connectivity index (χ1v) is 7.93. The van der Waals surface area contributed by atoms with Crippen molar-refractivity contribution in [3.05, 3.63) is 35.8 Å². The molecular formula is C17H26FIN4O. The van der Waals surface area contributed by atoms with Crippen molar-refractivity contribution in [1.82, 2.24) is 15.6 Å². The number of ether oxygens (including phenoxy) is 1. The van der Waals surface area contributed by atoms with Crippen LogP contribution in [0.25, 0.3) is 10.9 Å². The minimum absolute atomic E-state index is 0. The summed E-state index contributed by atoms with van der Waals surface area (Å²) in [5, 5.41) is 7.57. The Morgan fingerprint density at radius 3 is 2.92 bits per heavy atom. The zero-order chi connectivity index (χ0) is 16.7. The summed E-state index contributed by atoms with van der Waals surface area (Å²) in [7, 11) is 1.68. The Morgan fingerprint density at radius 2 is 2.21 bits per heavy atom. The van der Waals surface area contributed by atoms with Crippen LogP contribution < -0.4 is 10.6 Å². The molecule has 24 heavy (non-hydrogen) atoms. The Labute approximate surface area is 159 Å². The monoisotopic (exact) mass is 448 g/mol. The molecule has 0 aliphatic rings. The molecule has 0 amide bonds. The quantitative estimate of drug-likeness (QED) is 0.347. The largest absolute Gasteiger partial charge is 0.383 e. The fourth-order valence-electron chi connectivity index (χ4n) is 2.50. The van der Waals surface area contributed by atoms with Crippen molar-refractivity contribution in [3.8, 4) is 0 Å². The van der Waals surface area contributed by atoms with Crippen molar-refractivity contribution in [2.75, 3.05) is 26.8 Å². The summed E-state index contributed by atoms with van der Waals surface area (Å²) in [5.74, 6) is 0.553. The maximum Gasteiger partial charge on any atom is 0.191 e. The van der Waals surface area contributed by atoms with Crippen molar-refractivity contribution < 1.29 is 9.13 Å². The van der Waals surface area contributed by atoms with E-state index in [0.717, 1.165) is 35.4 Å². The number of nitrogens with zero attached hydrogens (tertiary/aromatic N) is 1. The molecule has 1 heterocycles. The molecule has 1 atom stereocenters. The lowest BCUT2D eigenvalue weighted by molar-refractivity contribution is 0.179. The molecule has 1 aromatic carbocycles. The third-order valence-corrected chi connectivity index (χ3v) is 3.52. The van der Waals surface area contributed by atoms with Gasteiger partial charge in [0.25, 0.3) is 0 Å². The van der Waals surface area contributed by atoms with Gasteiger partial charge in [-0.25, -0.2) is 4.39 Å². The van der Waals surface area contributed by atoms with Gasteiger partial charge in [0.2, 0.25) is 0 Å². The van der Waals surface area contributed by atoms with Gasteiger partial charge in [0.15, 0.2) is 5.96 Å². The molecule has 0 fully saturated rings. The van der Waals surface area contributed by atoms with E-state index in [9.17, 15) is 4.39 Å². The van der Waals surface area contributed by atoms with Gasteiger partial charge in [-0.2, -0.15) is 0 Å². The van der Waals surface area contributed by atoms with Crippen molar-refractivity contribution in [2.24, 2.45) is 4.99 Å². The van der Waals surface area contributed by atoms with Gasteiger partial charge < -0.3 is 20.4 Å². The SMILES string of the molecule is CCNC(=NCCc1c[nH]c2cc(F)ccc12)NC(C)COC.I. The lowest BCUT2D eigenvalue weighted by Crippen LogP contribution is -2.44. The number of hydrogen-bond donors (Lipinski definition) is 3. The molecular weight excluding hydrogens is 422 g/mol. The van der Waals surface area contributed by atoms with Crippen molar-refractivity contribution in [1.29, 1.82) is 0 Å². The van der Waals surface area contributed by atoms with Crippen LogP contribution in [-0.2, 0) is 11.2 Å². The van der Waals surface area contributed by atoms with E-state index in [-0.39, 0.29) is 35.8 Å². The molecule has 2 rings (SSSR count). The number of rotatable bonds is 7. The first-order chi connectivity index (χ1) is 11.1. The molecule has 0 saturated heterocycles. The van der Waals surface area contributed by atoms with Crippen LogP contribution in [0.3, 0.4) is 0 Å². The van der Waals surface area contributed by atoms with Gasteiger partial charge in [0.1, 0.15) is 5.82 Å². The molecule has 0 aliphatic carbocycles. The molecule has 134 valence electrons. The van der Waals surface area contributed by atoms with Crippen LogP contribution >= 0.6 is 24.0 Å². The van der Waals surface area contributed by atoms with E-state index >= 15 is 0 Å². The molecule has 2 aromatic rings. The van der Waals surface area contributed by atoms with Crippen LogP contribution in [0.5, 0.6) is 0 Å². The van der Waals surface area contributed by atoms with Crippen molar-refractivity contribution in [3.63, 3.8) is 0 Å². The van der Waals surface area contributed by atoms with Gasteiger partial charge in [-0.3, -0.25) is 4.99 Å². The first kappa shape index (κ1) is 20.7. The second-order valence-electron chi connectivity index (χ2n) is 5.52. The van der Waals surface area contributed by atoms with Crippen molar-refractivity contribution in [2.45, 2.75) is 26.3 Å². The van der Waals surface area contributed by atoms with Crippen LogP contribution in [0, 0.1) is 5.82 Å². The zero-order valence-electron chi connectivity index (χ0n) is 14.4. The van der Waals surface area contributed by atoms with E-state index < -0.39 is 0 Å². The highest BCUT2D eigenvalue weighted by Gasteiger charge is 2.06. The van der Waals surface area contributed by atoms with E-state index in [1.165, 1.54) is 12.1 Å². The highest BCUT2D eigenvalue weighted by atomic mass is 127. The number of benzene rings is 1. The van der Waals surface area contributed by atoms with E-state index in [0.29, 0.717) is 13.2 Å². The van der Waals surface area contributed by atoms with Crippen LogP contribution in [0.1, 0.15) is 19.4 Å². The third kappa shape index (κ3) is 5.94. The Kier molecular flexibility index (Phi) is 9.05. The predicted octanol–water partition coefficient (Wildman–Crippen LogP) is 3.06. The van der Waals surface area contributed by atoms with Crippen LogP contribution in [-0.4, -0.2) is 43.8 Å². The van der Waals surface area contributed by atoms with Crippen LogP contribution in [0.4, 0.5) is 4.39 Å². The summed E-state index contributed by atoms with van der Waals surface area (Å²) in [6.07, 6.45) is 2.72. The Balaban J connectivity index is 0.00000288. The summed E-state index contributed by atoms with van der Waals surface area (Å²) >= 11 is 0. The Morgan fingerprint density at radius 1 is 1.42 bits per heavy atom. The molecule has 1 unspecified atom stereocenters. The molecule has 5 nitrogen and oxygen atoms in total. The second kappa shape index (κ2) is 10.5. The van der Waals surface area contributed by atoms with Crippen LogP contribution in [0.15, 0.2) is 29.4 Å². The first-order valence-electron chi connectivity index (χ1n) is 7.93. The molecule has 0 bridgehead atoms. The minimum atomic E-state index is -0.227. The van der Waals surface area contributed by atoms with Gasteiger partial charge in [-0.15, -0.1) is 24.0 Å². The standard InChI is InChI=1S/C17H25FN4O.HI/c1-4-19-17(22-12(2)11-23-3)20-8-7-13-10-21-16-9-14(18)5-6-15(13)16;/h5-6,9-10,12,21H,4,7-8,11H2,1-3H3,(H2,19,20,22);1H. The Hall–Kier alpha value is -1.35. The third-order valence-electron chi connectivity index (χ3n) is 3.52. The molecule has 0 radical (unpaired) electrons. The number of methoxy groups -OCH3 is 1. The van der Waals surface area contributed by atoms with Gasteiger partial charge in [0, 0.05) is 43.3 Å². The van der Waals surface area contributed by atoms with E-state index in [4.69, 9.17) is 4.74 Å². The van der Waals surface area contributed by atoms with Gasteiger partial charge in [0.05, 0.1) is 6.61 Å². The molecule has 0 spiro atoms. The maximum absolute atomic E-state index is 13.2. The number of aromatic nitrogens is 1. The van der Waals surface area contributed by atoms with Gasteiger partial charge in [-0.05, 0) is 44.0 Å². The molecule has 0 saturated carbocycles. The molecule has 0 aliphatic heterocycles. The number of nitrogens with one attached hydrogen (secondary N) is 3. The normalized spacial score (nSPS) is 12.8. The molecule has 1 aromatic heterocycles. The number of H-pyrrole nitrogens is 1. The fraction of sp³-hybridized carbons (Fsp3) is 0.471. The summed E-state index contributed by atoms with van der Waals surface area (Å²) in [4.78, 5) is 7.69. The van der Waals surface area contributed by atoms with E-state index in [2.05, 4.69) is 20.6 Å². The number of halogens is 2. The molecule has 3 N–H and O–H groups in total. The van der Waals surface area contributed by atoms with Gasteiger partial charge in [-0.1, -0.05) is 0 Å². The zero-order valence-corrected chi connectivity index (χ0v) is 16.7. The number of fused-ring (bicyclic) bond motifs is 1. The maximum atomic E-state index is 13.2. The smallest absolute Gasteiger partial charge is 0.191 e. The number of aromatic amines is 1. The number of hydrogen-bond acceptors (Lipinski definition) is 2. The number of aliphatic imine (C=N–C) groups is 1. The summed E-state index contributed by atoms with van der Waals surface area (Å²) < 4.78 is 18.3. The number of guanidine groups is 1. The predicted molar refractivity (Wildman–Crippen MR) is 108 cm³/mol. The second-order valence-corrected chi connectivity index (χ2v) is 5.52. The topological polar surface area (TPSA) is 61.4 Å². The Bertz CT molecular complexity index is 659. The van der Waals surface area contributed by atoms with Crippen molar-refractivity contribution >= 4 is 40.8 Å². The summed E-state index contributed by atoms with van der Waals surface area (Å²) in [6.45, 7) is 6.16. The van der Waals surface area contributed by atoms with E-state index in [1.54, 1.807) is 7.11 Å². The average Bonchev–Trinajstić information content (AvgIpc) is 2.90. The van der Waals surface area contributed by atoms with E-state index in [1.807, 2.05) is 26.1 Å². The minimum Gasteiger partial charge on any atom is -0.383 e. The lowest BCUT2D eigenvalue weighted by Gasteiger charge is -2.16. The highest BCUT2D eigenvalue weighted by molar-refractivity contribution is 14.0. The van der Waals surface area contributed by atoms with Crippen LogP contribution in [0.2, 0.25) is 0 Å². The average molecular weight is 448 g/mol. The summed E-state index contributed by atoms with van der Waals surface area (Å²) in [5.41, 5.74) is 1.97. The lowest BCUT2D eigenvalue weighted by atomic mass is 10.1. The van der Waals surface area contributed by atoms with Gasteiger partial charge >= 0.3 is 0 Å².